The Labute approximate surface area is 187 Å². The second kappa shape index (κ2) is 10.5. The standard InChI is InChI=1S/C23H23N3O5S/c1-30-20-13-11-19(12-14-20)26(32(28,29)22-9-4-3-5-10-22)17-23(27)25-24-16-18-7-6-8-21(15-18)31-2/h3-16H,17H2,1-2H3,(H,25,27)/b24-16-. The van der Waals surface area contributed by atoms with E-state index in [4.69, 9.17) is 9.47 Å². The third-order valence-corrected chi connectivity index (χ3v) is 6.26. The van der Waals surface area contributed by atoms with Gasteiger partial charge in [0.15, 0.2) is 0 Å². The molecule has 0 heterocycles. The molecule has 9 heteroatoms. The van der Waals surface area contributed by atoms with Gasteiger partial charge in [-0.3, -0.25) is 9.10 Å². The third kappa shape index (κ3) is 5.64. The van der Waals surface area contributed by atoms with Crippen molar-refractivity contribution in [2.75, 3.05) is 25.1 Å². The van der Waals surface area contributed by atoms with E-state index in [9.17, 15) is 13.2 Å². The van der Waals surface area contributed by atoms with E-state index in [-0.39, 0.29) is 4.90 Å². The normalized spacial score (nSPS) is 11.2. The molecular weight excluding hydrogens is 430 g/mol. The summed E-state index contributed by atoms with van der Waals surface area (Å²) in [7, 11) is -0.922. The molecule has 0 atom stereocenters. The zero-order valence-corrected chi connectivity index (χ0v) is 18.5. The Hall–Kier alpha value is -3.85. The van der Waals surface area contributed by atoms with Crippen LogP contribution in [0.1, 0.15) is 5.56 Å². The molecule has 1 N–H and O–H groups in total. The number of amides is 1. The van der Waals surface area contributed by atoms with E-state index in [0.717, 1.165) is 4.31 Å². The van der Waals surface area contributed by atoms with E-state index in [2.05, 4.69) is 10.5 Å². The van der Waals surface area contributed by atoms with Crippen LogP contribution < -0.4 is 19.2 Å². The van der Waals surface area contributed by atoms with E-state index in [1.807, 2.05) is 0 Å². The zero-order chi connectivity index (χ0) is 23.0. The maximum atomic E-state index is 13.3. The van der Waals surface area contributed by atoms with Crippen LogP contribution in [0.5, 0.6) is 11.5 Å². The van der Waals surface area contributed by atoms with Crippen LogP contribution in [0.4, 0.5) is 5.69 Å². The lowest BCUT2D eigenvalue weighted by Gasteiger charge is -2.23. The molecule has 0 spiro atoms. The number of sulfonamides is 1. The molecule has 0 aromatic heterocycles. The van der Waals surface area contributed by atoms with Gasteiger partial charge in [-0.25, -0.2) is 13.8 Å². The monoisotopic (exact) mass is 453 g/mol. The second-order valence-electron chi connectivity index (χ2n) is 6.59. The minimum Gasteiger partial charge on any atom is -0.497 e. The van der Waals surface area contributed by atoms with Gasteiger partial charge in [-0.05, 0) is 54.1 Å². The summed E-state index contributed by atoms with van der Waals surface area (Å²) in [6, 6.07) is 21.4. The van der Waals surface area contributed by atoms with Crippen LogP contribution in [0.15, 0.2) is 88.9 Å². The molecule has 0 saturated carbocycles. The van der Waals surface area contributed by atoms with Gasteiger partial charge in [0, 0.05) is 0 Å². The Bertz CT molecular complexity index is 1180. The predicted molar refractivity (Wildman–Crippen MR) is 123 cm³/mol. The van der Waals surface area contributed by atoms with E-state index in [0.29, 0.717) is 22.7 Å². The maximum absolute atomic E-state index is 13.3. The summed E-state index contributed by atoms with van der Waals surface area (Å²) in [5.41, 5.74) is 3.41. The maximum Gasteiger partial charge on any atom is 0.264 e. The first kappa shape index (κ1) is 22.8. The van der Waals surface area contributed by atoms with Crippen molar-refractivity contribution in [2.24, 2.45) is 5.10 Å². The summed E-state index contributed by atoms with van der Waals surface area (Å²) < 4.78 is 37.8. The largest absolute Gasteiger partial charge is 0.497 e. The van der Waals surface area contributed by atoms with Crippen molar-refractivity contribution in [3.8, 4) is 11.5 Å². The van der Waals surface area contributed by atoms with Gasteiger partial charge in [-0.2, -0.15) is 5.10 Å². The SMILES string of the molecule is COc1ccc(N(CC(=O)N/N=C\c2cccc(OC)c2)S(=O)(=O)c2ccccc2)cc1. The molecule has 0 aliphatic rings. The van der Waals surface area contributed by atoms with Crippen molar-refractivity contribution >= 4 is 27.8 Å². The van der Waals surface area contributed by atoms with E-state index < -0.39 is 22.5 Å². The highest BCUT2D eigenvalue weighted by Crippen LogP contribution is 2.25. The number of nitrogens with zero attached hydrogens (tertiary/aromatic N) is 2. The van der Waals surface area contributed by atoms with Crippen molar-refractivity contribution in [1.29, 1.82) is 0 Å². The lowest BCUT2D eigenvalue weighted by Crippen LogP contribution is -2.39. The van der Waals surface area contributed by atoms with E-state index in [1.54, 1.807) is 73.8 Å². The lowest BCUT2D eigenvalue weighted by atomic mass is 10.2. The van der Waals surface area contributed by atoms with Gasteiger partial charge in [0.1, 0.15) is 18.0 Å². The number of carbonyl (C=O) groups is 1. The minimum absolute atomic E-state index is 0.0727. The van der Waals surface area contributed by atoms with Gasteiger partial charge in [0.05, 0.1) is 31.0 Å². The van der Waals surface area contributed by atoms with Gasteiger partial charge in [-0.15, -0.1) is 0 Å². The summed E-state index contributed by atoms with van der Waals surface area (Å²) in [6.07, 6.45) is 1.45. The molecule has 1 amide bonds. The fourth-order valence-corrected chi connectivity index (χ4v) is 4.29. The first-order valence-corrected chi connectivity index (χ1v) is 11.1. The van der Waals surface area contributed by atoms with Gasteiger partial charge >= 0.3 is 0 Å². The van der Waals surface area contributed by atoms with E-state index >= 15 is 0 Å². The fourth-order valence-electron chi connectivity index (χ4n) is 2.85. The van der Waals surface area contributed by atoms with Gasteiger partial charge in [0.25, 0.3) is 15.9 Å². The van der Waals surface area contributed by atoms with Crippen molar-refractivity contribution in [2.45, 2.75) is 4.90 Å². The van der Waals surface area contributed by atoms with Crippen molar-refractivity contribution in [3.05, 3.63) is 84.4 Å². The number of ether oxygens (including phenoxy) is 2. The van der Waals surface area contributed by atoms with Crippen LogP contribution in [-0.2, 0) is 14.8 Å². The number of hydrogen-bond acceptors (Lipinski definition) is 6. The van der Waals surface area contributed by atoms with E-state index in [1.165, 1.54) is 25.5 Å². The Morgan fingerprint density at radius 2 is 1.62 bits per heavy atom. The van der Waals surface area contributed by atoms with Crippen LogP contribution in [0.25, 0.3) is 0 Å². The molecule has 32 heavy (non-hydrogen) atoms. The second-order valence-corrected chi connectivity index (χ2v) is 8.45. The molecule has 166 valence electrons. The summed E-state index contributed by atoms with van der Waals surface area (Å²) in [6.45, 7) is -0.459. The Balaban J connectivity index is 1.81. The van der Waals surface area contributed by atoms with Crippen LogP contribution in [0, 0.1) is 0 Å². The number of hydrazone groups is 1. The van der Waals surface area contributed by atoms with Crippen LogP contribution in [0.3, 0.4) is 0 Å². The third-order valence-electron chi connectivity index (χ3n) is 4.48. The van der Waals surface area contributed by atoms with Crippen molar-refractivity contribution in [3.63, 3.8) is 0 Å². The van der Waals surface area contributed by atoms with Crippen LogP contribution >= 0.6 is 0 Å². The molecule has 8 nitrogen and oxygen atoms in total. The predicted octanol–water partition coefficient (Wildman–Crippen LogP) is 3.05. The molecule has 0 unspecified atom stereocenters. The topological polar surface area (TPSA) is 97.3 Å². The number of nitrogens with one attached hydrogen (secondary N) is 1. The molecule has 3 aromatic rings. The summed E-state index contributed by atoms with van der Waals surface area (Å²) >= 11 is 0. The molecule has 0 fully saturated rings. The Morgan fingerprint density at radius 1 is 0.938 bits per heavy atom. The van der Waals surface area contributed by atoms with Crippen LogP contribution in [0.2, 0.25) is 0 Å². The van der Waals surface area contributed by atoms with Gasteiger partial charge in [0.2, 0.25) is 0 Å². The molecular formula is C23H23N3O5S. The first-order valence-electron chi connectivity index (χ1n) is 9.62. The average Bonchev–Trinajstić information content (AvgIpc) is 2.83. The van der Waals surface area contributed by atoms with Crippen molar-refractivity contribution in [1.82, 2.24) is 5.43 Å². The quantitative estimate of drug-likeness (QED) is 0.397. The minimum atomic E-state index is -3.99. The number of methoxy groups -OCH3 is 2. The number of carbonyl (C=O) groups excluding carboxylic acids is 1. The Morgan fingerprint density at radius 3 is 2.28 bits per heavy atom. The summed E-state index contributed by atoms with van der Waals surface area (Å²) in [5.74, 6) is 0.623. The molecule has 0 aliphatic heterocycles. The molecule has 0 aliphatic carbocycles. The molecule has 0 saturated heterocycles. The van der Waals surface area contributed by atoms with Crippen molar-refractivity contribution < 1.29 is 22.7 Å². The highest BCUT2D eigenvalue weighted by Gasteiger charge is 2.27. The number of benzene rings is 3. The molecule has 0 bridgehead atoms. The summed E-state index contributed by atoms with van der Waals surface area (Å²) in [5, 5.41) is 3.92. The van der Waals surface area contributed by atoms with Crippen LogP contribution in [-0.4, -0.2) is 41.3 Å². The molecule has 3 rings (SSSR count). The fraction of sp³-hybridized carbons (Fsp3) is 0.130. The summed E-state index contributed by atoms with van der Waals surface area (Å²) in [4.78, 5) is 12.6. The molecule has 0 radical (unpaired) electrons. The number of anilines is 1. The first-order chi connectivity index (χ1) is 15.4. The smallest absolute Gasteiger partial charge is 0.264 e. The zero-order valence-electron chi connectivity index (χ0n) is 17.6. The molecule has 3 aromatic carbocycles. The number of rotatable bonds is 9. The van der Waals surface area contributed by atoms with Gasteiger partial charge in [-0.1, -0.05) is 30.3 Å². The Kier molecular flexibility index (Phi) is 7.45. The highest BCUT2D eigenvalue weighted by atomic mass is 32.2. The number of hydrogen-bond donors (Lipinski definition) is 1. The van der Waals surface area contributed by atoms with Gasteiger partial charge < -0.3 is 9.47 Å². The highest BCUT2D eigenvalue weighted by molar-refractivity contribution is 7.92. The lowest BCUT2D eigenvalue weighted by molar-refractivity contribution is -0.119. The average molecular weight is 454 g/mol.